The van der Waals surface area contributed by atoms with Crippen molar-refractivity contribution in [2.24, 2.45) is 12.8 Å². The van der Waals surface area contributed by atoms with Crippen LogP contribution in [-0.4, -0.2) is 33.4 Å². The van der Waals surface area contributed by atoms with Gasteiger partial charge in [0.2, 0.25) is 5.95 Å². The topological polar surface area (TPSA) is 90.9 Å². The quantitative estimate of drug-likeness (QED) is 0.772. The second-order valence-corrected chi connectivity index (χ2v) is 3.41. The highest BCUT2D eigenvalue weighted by Crippen LogP contribution is 2.17. The van der Waals surface area contributed by atoms with Crippen LogP contribution in [0.25, 0.3) is 0 Å². The molecule has 0 spiro atoms. The van der Waals surface area contributed by atoms with E-state index in [0.29, 0.717) is 19.1 Å². The molecule has 0 saturated carbocycles. The number of aryl methyl sites for hydroxylation is 1. The molecular formula is C10H14N6O. The van der Waals surface area contributed by atoms with Crippen LogP contribution in [0.1, 0.15) is 0 Å². The third kappa shape index (κ3) is 2.91. The predicted octanol–water partition coefficient (Wildman–Crippen LogP) is 0.291. The molecule has 0 radical (unpaired) electrons. The van der Waals surface area contributed by atoms with Crippen LogP contribution in [0.15, 0.2) is 24.3 Å². The van der Waals surface area contributed by atoms with Crippen LogP contribution >= 0.6 is 0 Å². The Hall–Kier alpha value is -2.15. The first-order valence-electron chi connectivity index (χ1n) is 5.22. The van der Waals surface area contributed by atoms with Gasteiger partial charge < -0.3 is 15.8 Å². The lowest BCUT2D eigenvalue weighted by Crippen LogP contribution is -2.10. The third-order valence-corrected chi connectivity index (χ3v) is 2.12. The monoisotopic (exact) mass is 234 g/mol. The van der Waals surface area contributed by atoms with Gasteiger partial charge in [0.05, 0.1) is 0 Å². The van der Waals surface area contributed by atoms with Gasteiger partial charge in [-0.3, -0.25) is 0 Å². The number of rotatable bonds is 5. The number of nitrogens with zero attached hydrogens (tertiary/aromatic N) is 4. The molecule has 1 aromatic heterocycles. The molecule has 0 saturated heterocycles. The first-order valence-corrected chi connectivity index (χ1v) is 5.22. The van der Waals surface area contributed by atoms with Crippen molar-refractivity contribution in [2.45, 2.75) is 0 Å². The van der Waals surface area contributed by atoms with E-state index in [1.54, 1.807) is 11.7 Å². The van der Waals surface area contributed by atoms with E-state index in [-0.39, 0.29) is 0 Å². The second kappa shape index (κ2) is 5.26. The van der Waals surface area contributed by atoms with Crippen molar-refractivity contribution >= 4 is 11.6 Å². The summed E-state index contributed by atoms with van der Waals surface area (Å²) in [6, 6.07) is 7.50. The lowest BCUT2D eigenvalue weighted by atomic mass is 10.3. The average Bonchev–Trinajstić information content (AvgIpc) is 2.74. The molecule has 0 aliphatic heterocycles. The Kier molecular flexibility index (Phi) is 3.51. The fourth-order valence-corrected chi connectivity index (χ4v) is 1.28. The molecule has 1 aromatic carbocycles. The molecule has 0 amide bonds. The van der Waals surface area contributed by atoms with E-state index in [2.05, 4.69) is 20.8 Å². The molecule has 7 heteroatoms. The number of nitrogens with two attached hydrogens (primary N) is 1. The molecule has 7 nitrogen and oxygen atoms in total. The van der Waals surface area contributed by atoms with E-state index in [1.807, 2.05) is 24.3 Å². The third-order valence-electron chi connectivity index (χ3n) is 2.12. The molecule has 0 fully saturated rings. The molecule has 0 aliphatic carbocycles. The van der Waals surface area contributed by atoms with Gasteiger partial charge in [0.25, 0.3) is 0 Å². The maximum absolute atomic E-state index is 5.37. The van der Waals surface area contributed by atoms with Crippen molar-refractivity contribution < 1.29 is 4.74 Å². The molecule has 1 heterocycles. The van der Waals surface area contributed by atoms with E-state index in [0.717, 1.165) is 11.4 Å². The number of nitrogens with one attached hydrogen (secondary N) is 1. The van der Waals surface area contributed by atoms with Crippen molar-refractivity contribution in [1.29, 1.82) is 0 Å². The van der Waals surface area contributed by atoms with E-state index in [4.69, 9.17) is 10.5 Å². The van der Waals surface area contributed by atoms with Crippen LogP contribution in [-0.2, 0) is 7.05 Å². The zero-order valence-corrected chi connectivity index (χ0v) is 9.50. The SMILES string of the molecule is Cn1nnnc1Nc1ccc(OCCN)cc1. The van der Waals surface area contributed by atoms with Crippen LogP contribution in [0.2, 0.25) is 0 Å². The summed E-state index contributed by atoms with van der Waals surface area (Å²) in [6.45, 7) is 1.02. The van der Waals surface area contributed by atoms with Gasteiger partial charge in [0, 0.05) is 19.3 Å². The number of anilines is 2. The molecule has 90 valence electrons. The molecule has 0 atom stereocenters. The van der Waals surface area contributed by atoms with Crippen molar-refractivity contribution in [3.63, 3.8) is 0 Å². The van der Waals surface area contributed by atoms with Crippen molar-refractivity contribution in [3.05, 3.63) is 24.3 Å². The van der Waals surface area contributed by atoms with Crippen LogP contribution < -0.4 is 15.8 Å². The summed E-state index contributed by atoms with van der Waals surface area (Å²) in [5.41, 5.74) is 6.24. The molecule has 2 rings (SSSR count). The predicted molar refractivity (Wildman–Crippen MR) is 63.1 cm³/mol. The summed E-state index contributed by atoms with van der Waals surface area (Å²) in [5, 5.41) is 14.2. The van der Waals surface area contributed by atoms with Gasteiger partial charge in [-0.25, -0.2) is 4.68 Å². The van der Waals surface area contributed by atoms with Gasteiger partial charge in [-0.05, 0) is 34.7 Å². The van der Waals surface area contributed by atoms with Gasteiger partial charge >= 0.3 is 0 Å². The first-order chi connectivity index (χ1) is 8.29. The standard InChI is InChI=1S/C10H14N6O/c1-16-10(13-14-15-16)12-8-2-4-9(5-3-8)17-7-6-11/h2-5H,6-7,11H2,1H3,(H,12,13,15). The number of aromatic nitrogens is 4. The lowest BCUT2D eigenvalue weighted by Gasteiger charge is -2.06. The Morgan fingerprint density at radius 1 is 1.35 bits per heavy atom. The van der Waals surface area contributed by atoms with Crippen LogP contribution in [0.3, 0.4) is 0 Å². The van der Waals surface area contributed by atoms with Crippen molar-refractivity contribution in [3.8, 4) is 5.75 Å². The van der Waals surface area contributed by atoms with E-state index in [9.17, 15) is 0 Å². The van der Waals surface area contributed by atoms with E-state index < -0.39 is 0 Å². The smallest absolute Gasteiger partial charge is 0.247 e. The highest BCUT2D eigenvalue weighted by Gasteiger charge is 2.01. The molecule has 0 aliphatic rings. The fraction of sp³-hybridized carbons (Fsp3) is 0.300. The molecule has 0 bridgehead atoms. The Balaban J connectivity index is 2.01. The number of benzene rings is 1. The summed E-state index contributed by atoms with van der Waals surface area (Å²) < 4.78 is 6.93. The number of tetrazole rings is 1. The maximum atomic E-state index is 5.37. The van der Waals surface area contributed by atoms with E-state index >= 15 is 0 Å². The molecule has 2 aromatic rings. The summed E-state index contributed by atoms with van der Waals surface area (Å²) in [4.78, 5) is 0. The normalized spacial score (nSPS) is 10.2. The van der Waals surface area contributed by atoms with Gasteiger partial charge in [-0.2, -0.15) is 0 Å². The first kappa shape index (κ1) is 11.3. The number of ether oxygens (including phenoxy) is 1. The Labute approximate surface area is 98.6 Å². The Morgan fingerprint density at radius 2 is 2.12 bits per heavy atom. The zero-order valence-electron chi connectivity index (χ0n) is 9.50. The summed E-state index contributed by atoms with van der Waals surface area (Å²) >= 11 is 0. The lowest BCUT2D eigenvalue weighted by molar-refractivity contribution is 0.328. The van der Waals surface area contributed by atoms with Crippen LogP contribution in [0.4, 0.5) is 11.6 Å². The largest absolute Gasteiger partial charge is 0.492 e. The van der Waals surface area contributed by atoms with Gasteiger partial charge in [-0.1, -0.05) is 5.10 Å². The summed E-state index contributed by atoms with van der Waals surface area (Å²) in [7, 11) is 1.76. The summed E-state index contributed by atoms with van der Waals surface area (Å²) in [6.07, 6.45) is 0. The number of hydrogen-bond acceptors (Lipinski definition) is 6. The number of hydrogen-bond donors (Lipinski definition) is 2. The minimum absolute atomic E-state index is 0.505. The second-order valence-electron chi connectivity index (χ2n) is 3.41. The minimum atomic E-state index is 0.505. The van der Waals surface area contributed by atoms with Crippen molar-refractivity contribution in [1.82, 2.24) is 20.2 Å². The molecular weight excluding hydrogens is 220 g/mol. The van der Waals surface area contributed by atoms with Gasteiger partial charge in [0.15, 0.2) is 0 Å². The highest BCUT2D eigenvalue weighted by molar-refractivity contribution is 5.54. The Morgan fingerprint density at radius 3 is 2.71 bits per heavy atom. The average molecular weight is 234 g/mol. The maximum Gasteiger partial charge on any atom is 0.247 e. The molecule has 3 N–H and O–H groups in total. The zero-order chi connectivity index (χ0) is 12.1. The fourth-order valence-electron chi connectivity index (χ4n) is 1.28. The molecule has 17 heavy (non-hydrogen) atoms. The van der Waals surface area contributed by atoms with Crippen LogP contribution in [0, 0.1) is 0 Å². The highest BCUT2D eigenvalue weighted by atomic mass is 16.5. The molecule has 0 unspecified atom stereocenters. The van der Waals surface area contributed by atoms with Gasteiger partial charge in [-0.15, -0.1) is 0 Å². The van der Waals surface area contributed by atoms with Crippen LogP contribution in [0.5, 0.6) is 5.75 Å². The van der Waals surface area contributed by atoms with E-state index in [1.165, 1.54) is 0 Å². The summed E-state index contributed by atoms with van der Waals surface area (Å²) in [5.74, 6) is 1.37. The van der Waals surface area contributed by atoms with Gasteiger partial charge in [0.1, 0.15) is 12.4 Å². The minimum Gasteiger partial charge on any atom is -0.492 e. The Bertz CT molecular complexity index is 466. The van der Waals surface area contributed by atoms with Crippen molar-refractivity contribution in [2.75, 3.05) is 18.5 Å².